The highest BCUT2D eigenvalue weighted by atomic mass is 16.4. The van der Waals surface area contributed by atoms with Gasteiger partial charge in [-0.2, -0.15) is 0 Å². The van der Waals surface area contributed by atoms with Crippen LogP contribution < -0.4 is 15.9 Å². The van der Waals surface area contributed by atoms with Crippen molar-refractivity contribution < 1.29 is 24.6 Å². The Balaban J connectivity index is 5.11. The van der Waals surface area contributed by atoms with Gasteiger partial charge in [-0.1, -0.05) is 0 Å². The molecule has 2 N–H and O–H groups in total. The van der Waals surface area contributed by atoms with Crippen LogP contribution in [0.1, 0.15) is 0 Å². The van der Waals surface area contributed by atoms with Gasteiger partial charge in [0.05, 0.1) is 17.6 Å². The van der Waals surface area contributed by atoms with Crippen LogP contribution in [0, 0.1) is 0 Å². The smallest absolute Gasteiger partial charge is 0.142 e. The Morgan fingerprint density at radius 2 is 1.69 bits per heavy atom. The largest absolute Gasteiger partial charge is 0.545 e. The van der Waals surface area contributed by atoms with E-state index in [9.17, 15) is 24.6 Å². The highest BCUT2D eigenvalue weighted by Gasteiger charge is 2.01. The van der Waals surface area contributed by atoms with Crippen LogP contribution in [0.5, 0.6) is 0 Å². The molecular weight excluding hydrogens is 178 g/mol. The van der Waals surface area contributed by atoms with Gasteiger partial charge in [-0.25, -0.2) is 0 Å². The normalized spacial score (nSPS) is 12.3. The molecule has 6 nitrogen and oxygen atoms in total. The van der Waals surface area contributed by atoms with Gasteiger partial charge in [0.15, 0.2) is 0 Å². The first-order valence-corrected chi connectivity index (χ1v) is 3.05. The Kier molecular flexibility index (Phi) is 3.94. The molecule has 0 unspecified atom stereocenters. The van der Waals surface area contributed by atoms with Gasteiger partial charge in [0.25, 0.3) is 0 Å². The van der Waals surface area contributed by atoms with Crippen LogP contribution in [0.15, 0.2) is 23.4 Å². The molecule has 0 bridgehead atoms. The monoisotopic (exact) mass is 183 g/mol. The highest BCUT2D eigenvalue weighted by molar-refractivity contribution is 5.99. The fraction of sp³-hybridized carbons (Fsp3) is 0. The molecule has 0 aromatic heterocycles. The molecular formula is C7H5NO5-2. The number of hydrogen-bond acceptors (Lipinski definition) is 6. The molecule has 0 saturated heterocycles. The van der Waals surface area contributed by atoms with E-state index >= 15 is 0 Å². The minimum Gasteiger partial charge on any atom is -0.545 e. The van der Waals surface area contributed by atoms with E-state index in [1.54, 1.807) is 0 Å². The first kappa shape index (κ1) is 10.9. The summed E-state index contributed by atoms with van der Waals surface area (Å²) in [5.74, 6) is -3.63. The predicted molar refractivity (Wildman–Crippen MR) is 36.4 cm³/mol. The molecule has 0 rings (SSSR count). The van der Waals surface area contributed by atoms with Crippen LogP contribution >= 0.6 is 0 Å². The summed E-state index contributed by atoms with van der Waals surface area (Å²) in [4.78, 5) is 30.1. The highest BCUT2D eigenvalue weighted by Crippen LogP contribution is 1.98. The quantitative estimate of drug-likeness (QED) is 0.273. The van der Waals surface area contributed by atoms with Gasteiger partial charge in [-0.15, -0.1) is 0 Å². The summed E-state index contributed by atoms with van der Waals surface area (Å²) in [6.07, 6.45) is 1.76. The molecule has 0 fully saturated rings. The van der Waals surface area contributed by atoms with Crippen molar-refractivity contribution in [3.8, 4) is 0 Å². The van der Waals surface area contributed by atoms with Crippen molar-refractivity contribution in [2.24, 2.45) is 5.73 Å². The Hall–Kier alpha value is -2.11. The number of hydrogen-bond donors (Lipinski definition) is 1. The molecule has 0 aromatic rings. The molecule has 0 spiro atoms. The maximum Gasteiger partial charge on any atom is 0.142 e. The van der Waals surface area contributed by atoms with Gasteiger partial charge in [0.1, 0.15) is 6.29 Å². The lowest BCUT2D eigenvalue weighted by atomic mass is 10.2. The van der Waals surface area contributed by atoms with Gasteiger partial charge in [0, 0.05) is 5.57 Å². The lowest BCUT2D eigenvalue weighted by Gasteiger charge is -2.09. The van der Waals surface area contributed by atoms with Crippen molar-refractivity contribution in [3.05, 3.63) is 23.4 Å². The summed E-state index contributed by atoms with van der Waals surface area (Å²) >= 11 is 0. The van der Waals surface area contributed by atoms with E-state index in [4.69, 9.17) is 5.73 Å². The number of allylic oxidation sites excluding steroid dienone is 1. The van der Waals surface area contributed by atoms with Gasteiger partial charge in [-0.3, -0.25) is 4.79 Å². The van der Waals surface area contributed by atoms with Gasteiger partial charge in [-0.05, 0) is 12.2 Å². The van der Waals surface area contributed by atoms with Crippen LogP contribution in [0.25, 0.3) is 0 Å². The lowest BCUT2D eigenvalue weighted by molar-refractivity contribution is -0.303. The van der Waals surface area contributed by atoms with Crippen molar-refractivity contribution >= 4 is 18.2 Å². The fourth-order valence-electron chi connectivity index (χ4n) is 0.513. The number of nitrogens with two attached hydrogens (primary N) is 1. The molecule has 0 amide bonds. The van der Waals surface area contributed by atoms with E-state index in [2.05, 4.69) is 0 Å². The summed E-state index contributed by atoms with van der Waals surface area (Å²) in [6, 6.07) is 0. The van der Waals surface area contributed by atoms with E-state index in [0.717, 1.165) is 6.08 Å². The molecule has 13 heavy (non-hydrogen) atoms. The second kappa shape index (κ2) is 4.70. The van der Waals surface area contributed by atoms with E-state index in [0.29, 0.717) is 6.08 Å². The zero-order valence-corrected chi connectivity index (χ0v) is 6.35. The number of carboxylic acid groups (broad SMARTS) is 2. The third kappa shape index (κ3) is 3.19. The number of carboxylic acids is 2. The molecule has 0 aliphatic rings. The maximum atomic E-state index is 10.2. The number of aldehydes is 1. The summed E-state index contributed by atoms with van der Waals surface area (Å²) in [6.45, 7) is 0. The average Bonchev–Trinajstić information content (AvgIpc) is 2.04. The topological polar surface area (TPSA) is 123 Å². The Labute approximate surface area is 73.0 Å². The minimum atomic E-state index is -1.84. The lowest BCUT2D eigenvalue weighted by Crippen LogP contribution is -2.34. The van der Waals surface area contributed by atoms with Gasteiger partial charge in [0.2, 0.25) is 0 Å². The van der Waals surface area contributed by atoms with Crippen LogP contribution in [0.4, 0.5) is 0 Å². The second-order valence-corrected chi connectivity index (χ2v) is 1.90. The third-order valence-corrected chi connectivity index (χ3v) is 1.07. The zero-order chi connectivity index (χ0) is 10.4. The van der Waals surface area contributed by atoms with Crippen LogP contribution in [-0.4, -0.2) is 18.2 Å². The van der Waals surface area contributed by atoms with E-state index in [1.165, 1.54) is 0 Å². The Morgan fingerprint density at radius 1 is 1.15 bits per heavy atom. The molecule has 0 saturated carbocycles. The van der Waals surface area contributed by atoms with Crippen LogP contribution in [0.3, 0.4) is 0 Å². The van der Waals surface area contributed by atoms with Crippen LogP contribution in [0.2, 0.25) is 0 Å². The minimum absolute atomic E-state index is 0.269. The first-order chi connectivity index (χ1) is 6.00. The first-order valence-electron chi connectivity index (χ1n) is 3.05. The molecule has 0 aliphatic carbocycles. The summed E-state index contributed by atoms with van der Waals surface area (Å²) < 4.78 is 0. The summed E-state index contributed by atoms with van der Waals surface area (Å²) in [5.41, 5.74) is 3.05. The van der Waals surface area contributed by atoms with Crippen molar-refractivity contribution in [3.63, 3.8) is 0 Å². The molecule has 0 atom stereocenters. The van der Waals surface area contributed by atoms with Crippen LogP contribution in [-0.2, 0) is 14.4 Å². The fourth-order valence-corrected chi connectivity index (χ4v) is 0.513. The average molecular weight is 183 g/mol. The van der Waals surface area contributed by atoms with E-state index < -0.39 is 23.2 Å². The van der Waals surface area contributed by atoms with Crippen molar-refractivity contribution in [1.82, 2.24) is 0 Å². The molecule has 0 heterocycles. The molecule has 0 aromatic carbocycles. The standard InChI is InChI=1S/C7H7NO5/c8-5(7(12)13)4(6(10)11)2-1-3-9/h1-3H,8H2,(H,10,11)(H,12,13)/p-2/b2-1-,5-4-. The predicted octanol–water partition coefficient (Wildman–Crippen LogP) is -3.55. The van der Waals surface area contributed by atoms with Crippen molar-refractivity contribution in [1.29, 1.82) is 0 Å². The molecule has 0 radical (unpaired) electrons. The maximum absolute atomic E-state index is 10.2. The van der Waals surface area contributed by atoms with Gasteiger partial charge < -0.3 is 25.5 Å². The van der Waals surface area contributed by atoms with Crippen molar-refractivity contribution in [2.75, 3.05) is 0 Å². The number of carbonyl (C=O) groups excluding carboxylic acids is 3. The number of aliphatic carboxylic acids is 2. The SMILES string of the molecule is N/C(C(=O)[O-])=C(/C=C\C=O)C(=O)[O-]. The molecule has 0 aliphatic heterocycles. The zero-order valence-electron chi connectivity index (χ0n) is 6.35. The number of rotatable bonds is 4. The summed E-state index contributed by atoms with van der Waals surface area (Å²) in [7, 11) is 0. The van der Waals surface area contributed by atoms with Gasteiger partial charge >= 0.3 is 0 Å². The molecule has 6 heteroatoms. The Morgan fingerprint density at radius 3 is 2.00 bits per heavy atom. The van der Waals surface area contributed by atoms with E-state index in [-0.39, 0.29) is 6.29 Å². The van der Waals surface area contributed by atoms with E-state index in [1.807, 2.05) is 0 Å². The third-order valence-electron chi connectivity index (χ3n) is 1.07. The summed E-state index contributed by atoms with van der Waals surface area (Å²) in [5, 5.41) is 20.3. The number of carbonyl (C=O) groups is 3. The second-order valence-electron chi connectivity index (χ2n) is 1.90. The van der Waals surface area contributed by atoms with Crippen molar-refractivity contribution in [2.45, 2.75) is 0 Å². The Bertz CT molecular complexity index is 302. The molecule has 70 valence electrons.